The largest absolute Gasteiger partial charge is 0.495 e. The minimum absolute atomic E-state index is 0.314. The number of hydrogen-bond donors (Lipinski definition) is 2. The van der Waals surface area contributed by atoms with Crippen LogP contribution >= 0.6 is 23.2 Å². The molecule has 0 unspecified atom stereocenters. The van der Waals surface area contributed by atoms with Gasteiger partial charge in [0.1, 0.15) is 5.75 Å². The van der Waals surface area contributed by atoms with Crippen LogP contribution in [0.25, 0.3) is 0 Å². The highest BCUT2D eigenvalue weighted by Gasteiger charge is 2.10. The number of hydrogen-bond acceptors (Lipinski definition) is 5. The summed E-state index contributed by atoms with van der Waals surface area (Å²) in [5.74, 6) is 0.543. The maximum Gasteiger partial charge on any atom is 0.258 e. The molecular weight excluding hydrogens is 375 g/mol. The third-order valence-electron chi connectivity index (χ3n) is 3.40. The second-order valence-corrected chi connectivity index (χ2v) is 6.08. The van der Waals surface area contributed by atoms with Crippen molar-refractivity contribution >= 4 is 46.4 Å². The Morgan fingerprint density at radius 3 is 2.46 bits per heavy atom. The average Bonchev–Trinajstić information content (AvgIpc) is 2.62. The first-order valence-corrected chi connectivity index (χ1v) is 8.30. The van der Waals surface area contributed by atoms with Gasteiger partial charge in [0, 0.05) is 28.8 Å². The molecule has 0 fully saturated rings. The second kappa shape index (κ2) is 8.03. The van der Waals surface area contributed by atoms with Crippen molar-refractivity contribution in [3.8, 4) is 5.75 Å². The van der Waals surface area contributed by atoms with Crippen molar-refractivity contribution in [1.82, 2.24) is 9.97 Å². The maximum atomic E-state index is 12.3. The minimum Gasteiger partial charge on any atom is -0.495 e. The van der Waals surface area contributed by atoms with Crippen LogP contribution in [0.2, 0.25) is 10.0 Å². The zero-order chi connectivity index (χ0) is 18.5. The van der Waals surface area contributed by atoms with Gasteiger partial charge in [0.05, 0.1) is 17.7 Å². The van der Waals surface area contributed by atoms with Gasteiger partial charge in [-0.3, -0.25) is 4.79 Å². The van der Waals surface area contributed by atoms with Crippen molar-refractivity contribution in [1.29, 1.82) is 0 Å². The summed E-state index contributed by atoms with van der Waals surface area (Å²) in [6.45, 7) is 0. The summed E-state index contributed by atoms with van der Waals surface area (Å²) in [5, 5.41) is 6.75. The summed E-state index contributed by atoms with van der Waals surface area (Å²) in [5.41, 5.74) is 1.61. The highest BCUT2D eigenvalue weighted by atomic mass is 35.5. The Morgan fingerprint density at radius 2 is 1.81 bits per heavy atom. The monoisotopic (exact) mass is 388 g/mol. The van der Waals surface area contributed by atoms with Gasteiger partial charge in [-0.15, -0.1) is 0 Å². The van der Waals surface area contributed by atoms with Gasteiger partial charge in [0.15, 0.2) is 0 Å². The van der Waals surface area contributed by atoms with Gasteiger partial charge >= 0.3 is 0 Å². The van der Waals surface area contributed by atoms with E-state index in [1.54, 1.807) is 30.3 Å². The Hall–Kier alpha value is -2.83. The molecule has 3 rings (SSSR count). The normalized spacial score (nSPS) is 10.3. The molecule has 0 aliphatic carbocycles. The first-order valence-electron chi connectivity index (χ1n) is 7.54. The molecule has 3 aromatic rings. The number of nitrogens with zero attached hydrogens (tertiary/aromatic N) is 2. The van der Waals surface area contributed by atoms with Crippen LogP contribution < -0.4 is 15.4 Å². The zero-order valence-corrected chi connectivity index (χ0v) is 15.2. The van der Waals surface area contributed by atoms with Gasteiger partial charge in [-0.2, -0.15) is 0 Å². The van der Waals surface area contributed by atoms with Crippen molar-refractivity contribution in [2.45, 2.75) is 0 Å². The van der Waals surface area contributed by atoms with Crippen LogP contribution in [0.1, 0.15) is 10.4 Å². The van der Waals surface area contributed by atoms with Gasteiger partial charge in [-0.1, -0.05) is 29.3 Å². The van der Waals surface area contributed by atoms with E-state index in [0.717, 1.165) is 5.69 Å². The summed E-state index contributed by atoms with van der Waals surface area (Å²) < 4.78 is 5.08. The molecule has 2 N–H and O–H groups in total. The molecule has 0 atom stereocenters. The number of rotatable bonds is 5. The molecule has 0 saturated carbocycles. The van der Waals surface area contributed by atoms with Crippen LogP contribution in [-0.2, 0) is 0 Å². The molecule has 132 valence electrons. The number of benzene rings is 2. The summed E-state index contributed by atoms with van der Waals surface area (Å²) in [4.78, 5) is 20.6. The van der Waals surface area contributed by atoms with E-state index in [9.17, 15) is 4.79 Å². The lowest BCUT2D eigenvalue weighted by Gasteiger charge is -2.08. The van der Waals surface area contributed by atoms with Crippen molar-refractivity contribution in [3.63, 3.8) is 0 Å². The number of carbonyl (C=O) groups excluding carboxylic acids is 1. The fraction of sp³-hybridized carbons (Fsp3) is 0.0556. The summed E-state index contributed by atoms with van der Waals surface area (Å²) in [6, 6.07) is 12.1. The third kappa shape index (κ3) is 4.41. The van der Waals surface area contributed by atoms with Gasteiger partial charge < -0.3 is 15.4 Å². The van der Waals surface area contributed by atoms with E-state index in [1.807, 2.05) is 12.1 Å². The van der Waals surface area contributed by atoms with Gasteiger partial charge in [-0.25, -0.2) is 9.97 Å². The Morgan fingerprint density at radius 1 is 1.04 bits per heavy atom. The Bertz CT molecular complexity index is 933. The molecule has 0 radical (unpaired) electrons. The van der Waals surface area contributed by atoms with E-state index in [-0.39, 0.29) is 5.91 Å². The van der Waals surface area contributed by atoms with E-state index >= 15 is 0 Å². The van der Waals surface area contributed by atoms with Crippen LogP contribution in [0.3, 0.4) is 0 Å². The molecule has 1 amide bonds. The fourth-order valence-corrected chi connectivity index (χ4v) is 2.60. The quantitative estimate of drug-likeness (QED) is 0.656. The van der Waals surface area contributed by atoms with Crippen LogP contribution in [0.5, 0.6) is 5.75 Å². The Kier molecular flexibility index (Phi) is 5.55. The predicted molar refractivity (Wildman–Crippen MR) is 103 cm³/mol. The molecule has 1 heterocycles. The fourth-order valence-electron chi connectivity index (χ4n) is 2.15. The maximum absolute atomic E-state index is 12.3. The highest BCUT2D eigenvalue weighted by molar-refractivity contribution is 6.32. The molecule has 0 saturated heterocycles. The van der Waals surface area contributed by atoms with Crippen molar-refractivity contribution < 1.29 is 9.53 Å². The number of halogens is 2. The van der Waals surface area contributed by atoms with E-state index in [0.29, 0.717) is 33.0 Å². The Labute approximate surface area is 160 Å². The van der Waals surface area contributed by atoms with Gasteiger partial charge in [0.25, 0.3) is 5.91 Å². The average molecular weight is 389 g/mol. The number of ether oxygens (including phenoxy) is 1. The number of anilines is 3. The summed E-state index contributed by atoms with van der Waals surface area (Å²) in [7, 11) is 1.52. The van der Waals surface area contributed by atoms with E-state index in [1.165, 1.54) is 19.5 Å². The number of aromatic nitrogens is 2. The van der Waals surface area contributed by atoms with E-state index < -0.39 is 0 Å². The van der Waals surface area contributed by atoms with Crippen LogP contribution in [0.15, 0.2) is 54.9 Å². The number of methoxy groups -OCH3 is 1. The SMILES string of the molecule is COc1ccc(NC(=O)c2cnc(Nc3cccc(Cl)c3)nc2)cc1Cl. The molecule has 8 heteroatoms. The number of amides is 1. The first kappa shape index (κ1) is 18.0. The van der Waals surface area contributed by atoms with E-state index in [4.69, 9.17) is 27.9 Å². The van der Waals surface area contributed by atoms with Gasteiger partial charge in [-0.05, 0) is 36.4 Å². The van der Waals surface area contributed by atoms with Crippen LogP contribution in [-0.4, -0.2) is 23.0 Å². The second-order valence-electron chi connectivity index (χ2n) is 5.23. The predicted octanol–water partition coefficient (Wildman–Crippen LogP) is 4.79. The smallest absolute Gasteiger partial charge is 0.258 e. The van der Waals surface area contributed by atoms with E-state index in [2.05, 4.69) is 20.6 Å². The molecule has 2 aromatic carbocycles. The molecule has 0 spiro atoms. The molecular formula is C18H14Cl2N4O2. The first-order chi connectivity index (χ1) is 12.5. The standard InChI is InChI=1S/C18H14Cl2N4O2/c1-26-16-6-5-14(8-15(16)20)23-17(25)11-9-21-18(22-10-11)24-13-4-2-3-12(19)7-13/h2-10H,1H3,(H,23,25)(H,21,22,24). The number of nitrogens with one attached hydrogen (secondary N) is 2. The third-order valence-corrected chi connectivity index (χ3v) is 3.93. The summed E-state index contributed by atoms with van der Waals surface area (Å²) >= 11 is 12.0. The summed E-state index contributed by atoms with van der Waals surface area (Å²) in [6.07, 6.45) is 2.86. The number of carbonyl (C=O) groups is 1. The molecule has 0 bridgehead atoms. The highest BCUT2D eigenvalue weighted by Crippen LogP contribution is 2.27. The molecule has 0 aliphatic rings. The lowest BCUT2D eigenvalue weighted by atomic mass is 10.2. The lowest BCUT2D eigenvalue weighted by molar-refractivity contribution is 0.102. The van der Waals surface area contributed by atoms with Crippen LogP contribution in [0, 0.1) is 0 Å². The molecule has 6 nitrogen and oxygen atoms in total. The lowest BCUT2D eigenvalue weighted by Crippen LogP contribution is -2.13. The van der Waals surface area contributed by atoms with Crippen molar-refractivity contribution in [2.24, 2.45) is 0 Å². The molecule has 0 aliphatic heterocycles. The topological polar surface area (TPSA) is 76.1 Å². The Balaban J connectivity index is 1.68. The zero-order valence-electron chi connectivity index (χ0n) is 13.7. The van der Waals surface area contributed by atoms with Crippen molar-refractivity contribution in [2.75, 3.05) is 17.7 Å². The minimum atomic E-state index is -0.347. The van der Waals surface area contributed by atoms with Gasteiger partial charge in [0.2, 0.25) is 5.95 Å². The molecule has 26 heavy (non-hydrogen) atoms. The molecule has 1 aromatic heterocycles. The van der Waals surface area contributed by atoms with Crippen molar-refractivity contribution in [3.05, 3.63) is 70.5 Å². The van der Waals surface area contributed by atoms with Crippen LogP contribution in [0.4, 0.5) is 17.3 Å².